The monoisotopic (exact) mass is 389 g/mol. The molecule has 2 aromatic carbocycles. The minimum atomic E-state index is 0.724. The number of nitrogens with zero attached hydrogens (tertiary/aromatic N) is 1. The molecule has 1 saturated heterocycles. The summed E-state index contributed by atoms with van der Waals surface area (Å²) in [7, 11) is 0. The first-order valence-corrected chi connectivity index (χ1v) is 11.5. The van der Waals surface area contributed by atoms with Crippen LogP contribution >= 0.6 is 11.8 Å². The molecule has 5 rings (SSSR count). The largest absolute Gasteiger partial charge is 0.464 e. The quantitative estimate of drug-likeness (QED) is 0.469. The highest BCUT2D eigenvalue weighted by molar-refractivity contribution is 7.99. The second-order valence-electron chi connectivity index (χ2n) is 7.97. The van der Waals surface area contributed by atoms with Gasteiger partial charge in [-0.05, 0) is 61.6 Å². The number of thioether (sulfide) groups is 1. The second-order valence-corrected chi connectivity index (χ2v) is 9.14. The van der Waals surface area contributed by atoms with Gasteiger partial charge in [-0.2, -0.15) is 0 Å². The van der Waals surface area contributed by atoms with Crippen LogP contribution in [0.5, 0.6) is 0 Å². The van der Waals surface area contributed by atoms with Crippen molar-refractivity contribution in [2.75, 3.05) is 18.8 Å². The maximum Gasteiger partial charge on any atom is 0.134 e. The SMILES string of the molecule is C1=C(c2coc3ccc(SCCc4ccccc4)cc23)CC2CCCCN2C1. The van der Waals surface area contributed by atoms with E-state index in [-0.39, 0.29) is 0 Å². The van der Waals surface area contributed by atoms with Crippen LogP contribution in [-0.2, 0) is 6.42 Å². The number of hydrogen-bond acceptors (Lipinski definition) is 3. The second kappa shape index (κ2) is 8.18. The van der Waals surface area contributed by atoms with Crippen molar-refractivity contribution in [3.8, 4) is 0 Å². The molecule has 2 aliphatic heterocycles. The summed E-state index contributed by atoms with van der Waals surface area (Å²) in [6.07, 6.45) is 10.8. The third kappa shape index (κ3) is 3.78. The molecule has 144 valence electrons. The normalized spacial score (nSPS) is 20.1. The van der Waals surface area contributed by atoms with Gasteiger partial charge in [0.05, 0.1) is 6.26 Å². The molecular weight excluding hydrogens is 362 g/mol. The molecule has 0 spiro atoms. The molecule has 3 heterocycles. The van der Waals surface area contributed by atoms with Crippen LogP contribution in [0.15, 0.2) is 70.2 Å². The van der Waals surface area contributed by atoms with Gasteiger partial charge in [0.15, 0.2) is 0 Å². The summed E-state index contributed by atoms with van der Waals surface area (Å²) in [4.78, 5) is 3.99. The van der Waals surface area contributed by atoms with Gasteiger partial charge in [-0.3, -0.25) is 4.90 Å². The molecule has 1 aromatic heterocycles. The van der Waals surface area contributed by atoms with Gasteiger partial charge in [-0.15, -0.1) is 11.8 Å². The summed E-state index contributed by atoms with van der Waals surface area (Å²) in [5, 5.41) is 1.28. The van der Waals surface area contributed by atoms with Gasteiger partial charge >= 0.3 is 0 Å². The van der Waals surface area contributed by atoms with E-state index in [1.54, 1.807) is 0 Å². The van der Waals surface area contributed by atoms with Gasteiger partial charge in [0.1, 0.15) is 5.58 Å². The lowest BCUT2D eigenvalue weighted by atomic mass is 9.89. The lowest BCUT2D eigenvalue weighted by molar-refractivity contribution is 0.161. The predicted molar refractivity (Wildman–Crippen MR) is 119 cm³/mol. The molecule has 0 N–H and O–H groups in total. The fraction of sp³-hybridized carbons (Fsp3) is 0.360. The highest BCUT2D eigenvalue weighted by Crippen LogP contribution is 2.37. The van der Waals surface area contributed by atoms with Gasteiger partial charge in [-0.25, -0.2) is 0 Å². The molecule has 1 fully saturated rings. The topological polar surface area (TPSA) is 16.4 Å². The summed E-state index contributed by atoms with van der Waals surface area (Å²) in [6.45, 7) is 2.36. The van der Waals surface area contributed by atoms with Crippen molar-refractivity contribution in [2.24, 2.45) is 0 Å². The first-order valence-electron chi connectivity index (χ1n) is 10.5. The first-order chi connectivity index (χ1) is 13.9. The summed E-state index contributed by atoms with van der Waals surface area (Å²) in [5.41, 5.74) is 5.21. The van der Waals surface area contributed by atoms with Gasteiger partial charge in [0.2, 0.25) is 0 Å². The molecule has 1 atom stereocenters. The van der Waals surface area contributed by atoms with Crippen molar-refractivity contribution >= 4 is 28.3 Å². The lowest BCUT2D eigenvalue weighted by Crippen LogP contribution is -2.41. The Hall–Kier alpha value is -1.97. The smallest absolute Gasteiger partial charge is 0.134 e. The molecule has 3 heteroatoms. The molecule has 0 amide bonds. The van der Waals surface area contributed by atoms with Crippen LogP contribution in [0.4, 0.5) is 0 Å². The lowest BCUT2D eigenvalue weighted by Gasteiger charge is -2.38. The van der Waals surface area contributed by atoms with E-state index in [1.165, 1.54) is 59.2 Å². The Kier molecular flexibility index (Phi) is 5.28. The fourth-order valence-corrected chi connectivity index (χ4v) is 5.53. The predicted octanol–water partition coefficient (Wildman–Crippen LogP) is 6.41. The van der Waals surface area contributed by atoms with E-state index in [4.69, 9.17) is 4.42 Å². The maximum absolute atomic E-state index is 5.90. The van der Waals surface area contributed by atoms with E-state index in [0.29, 0.717) is 0 Å². The Morgan fingerprint density at radius 1 is 1.07 bits per heavy atom. The van der Waals surface area contributed by atoms with Gasteiger partial charge in [0.25, 0.3) is 0 Å². The molecule has 2 nitrogen and oxygen atoms in total. The Labute approximate surface area is 171 Å². The molecule has 0 saturated carbocycles. The summed E-state index contributed by atoms with van der Waals surface area (Å²) in [5.74, 6) is 1.10. The first kappa shape index (κ1) is 18.1. The van der Waals surface area contributed by atoms with Crippen LogP contribution in [0.25, 0.3) is 16.5 Å². The molecule has 0 radical (unpaired) electrons. The number of aryl methyl sites for hydroxylation is 1. The zero-order valence-electron chi connectivity index (χ0n) is 16.3. The van der Waals surface area contributed by atoms with E-state index in [9.17, 15) is 0 Å². The van der Waals surface area contributed by atoms with Crippen LogP contribution < -0.4 is 0 Å². The minimum Gasteiger partial charge on any atom is -0.464 e. The summed E-state index contributed by atoms with van der Waals surface area (Å²) in [6, 6.07) is 18.1. The van der Waals surface area contributed by atoms with E-state index in [2.05, 4.69) is 59.5 Å². The zero-order chi connectivity index (χ0) is 18.8. The van der Waals surface area contributed by atoms with Crippen molar-refractivity contribution in [2.45, 2.75) is 43.0 Å². The van der Waals surface area contributed by atoms with Crippen molar-refractivity contribution < 1.29 is 4.42 Å². The standard InChI is InChI=1S/C25H27NOS/c1-2-6-19(7-3-1)12-15-28-22-9-10-25-23(17-22)24(18-27-25)20-11-14-26-13-5-4-8-21(26)16-20/h1-3,6-7,9-11,17-18,21H,4-5,8,12-16H2. The van der Waals surface area contributed by atoms with Crippen molar-refractivity contribution in [1.82, 2.24) is 4.90 Å². The number of fused-ring (bicyclic) bond motifs is 2. The zero-order valence-corrected chi connectivity index (χ0v) is 17.1. The van der Waals surface area contributed by atoms with E-state index >= 15 is 0 Å². The summed E-state index contributed by atoms with van der Waals surface area (Å²) >= 11 is 1.94. The van der Waals surface area contributed by atoms with Crippen LogP contribution in [0.3, 0.4) is 0 Å². The van der Waals surface area contributed by atoms with Crippen molar-refractivity contribution in [3.05, 3.63) is 72.0 Å². The highest BCUT2D eigenvalue weighted by atomic mass is 32.2. The van der Waals surface area contributed by atoms with Crippen LogP contribution in [0.1, 0.15) is 36.8 Å². The summed E-state index contributed by atoms with van der Waals surface area (Å²) < 4.78 is 5.90. The van der Waals surface area contributed by atoms with E-state index < -0.39 is 0 Å². The highest BCUT2D eigenvalue weighted by Gasteiger charge is 2.27. The Morgan fingerprint density at radius 3 is 2.93 bits per heavy atom. The van der Waals surface area contributed by atoms with Crippen molar-refractivity contribution in [3.63, 3.8) is 0 Å². The third-order valence-corrected chi connectivity index (χ3v) is 7.17. The van der Waals surface area contributed by atoms with Crippen LogP contribution in [0, 0.1) is 0 Å². The molecule has 1 unspecified atom stereocenters. The molecule has 3 aromatic rings. The number of piperidine rings is 1. The van der Waals surface area contributed by atoms with Gasteiger partial charge in [-0.1, -0.05) is 42.8 Å². The fourth-order valence-electron chi connectivity index (χ4n) is 4.59. The van der Waals surface area contributed by atoms with Crippen LogP contribution in [0.2, 0.25) is 0 Å². The van der Waals surface area contributed by atoms with E-state index in [1.807, 2.05) is 18.0 Å². The average molecular weight is 390 g/mol. The number of benzene rings is 2. The van der Waals surface area contributed by atoms with Crippen LogP contribution in [-0.4, -0.2) is 29.8 Å². The molecule has 28 heavy (non-hydrogen) atoms. The van der Waals surface area contributed by atoms with Gasteiger partial charge < -0.3 is 4.42 Å². The number of furan rings is 1. The Morgan fingerprint density at radius 2 is 2.00 bits per heavy atom. The number of hydrogen-bond donors (Lipinski definition) is 0. The van der Waals surface area contributed by atoms with E-state index in [0.717, 1.165) is 30.3 Å². The Bertz CT molecular complexity index is 975. The molecule has 2 aliphatic rings. The van der Waals surface area contributed by atoms with Gasteiger partial charge in [0, 0.05) is 34.2 Å². The Balaban J connectivity index is 1.33. The maximum atomic E-state index is 5.90. The molecule has 0 bridgehead atoms. The molecular formula is C25H27NOS. The average Bonchev–Trinajstić information content (AvgIpc) is 3.17. The number of rotatable bonds is 5. The minimum absolute atomic E-state index is 0.724. The molecule has 0 aliphatic carbocycles. The van der Waals surface area contributed by atoms with Crippen molar-refractivity contribution in [1.29, 1.82) is 0 Å². The third-order valence-electron chi connectivity index (χ3n) is 6.17.